The molecule has 0 saturated heterocycles. The molecule has 1 aromatic heterocycles. The number of anilines is 1. The molecule has 8 nitrogen and oxygen atoms in total. The molecule has 0 fully saturated rings. The molecule has 1 N–H and O–H groups in total. The minimum Gasteiger partial charge on any atom is -0.490 e. The Bertz CT molecular complexity index is 1280. The van der Waals surface area contributed by atoms with Gasteiger partial charge in [0.2, 0.25) is 5.95 Å². The Balaban J connectivity index is 1.75. The molecule has 0 amide bonds. The second-order valence-electron chi connectivity index (χ2n) is 7.96. The van der Waals surface area contributed by atoms with Crippen molar-refractivity contribution in [2.45, 2.75) is 33.4 Å². The minimum atomic E-state index is -0.577. The van der Waals surface area contributed by atoms with Crippen molar-refractivity contribution in [1.82, 2.24) is 14.8 Å². The van der Waals surface area contributed by atoms with E-state index in [1.54, 1.807) is 4.68 Å². The van der Waals surface area contributed by atoms with Gasteiger partial charge >= 0.3 is 5.97 Å². The van der Waals surface area contributed by atoms with Crippen LogP contribution in [0.3, 0.4) is 0 Å². The van der Waals surface area contributed by atoms with Gasteiger partial charge in [0.25, 0.3) is 0 Å². The smallest absolute Gasteiger partial charge is 0.338 e. The van der Waals surface area contributed by atoms with Gasteiger partial charge in [-0.3, -0.25) is 0 Å². The molecule has 1 aliphatic heterocycles. The highest BCUT2D eigenvalue weighted by Crippen LogP contribution is 2.43. The molecule has 9 heteroatoms. The minimum absolute atomic E-state index is 0.103. The summed E-state index contributed by atoms with van der Waals surface area (Å²) in [6.45, 7) is 10.3. The standard InChI is InChI=1S/C26H27BrN4O4/c1-5-11-34-25(32)22-17(4)30-26-28-15-29-31(26)23(22)19-12-20(27)24(21(13-19)33-6-2)35-14-18-10-8-7-9-16(18)3/h5,7-10,12-13,15,23H,1,6,11,14H2,2-4H3,(H,28,29,30). The van der Waals surface area contributed by atoms with E-state index in [1.165, 1.54) is 12.4 Å². The van der Waals surface area contributed by atoms with Crippen molar-refractivity contribution in [2.24, 2.45) is 0 Å². The summed E-state index contributed by atoms with van der Waals surface area (Å²) < 4.78 is 19.9. The quantitative estimate of drug-likeness (QED) is 0.290. The van der Waals surface area contributed by atoms with Crippen molar-refractivity contribution in [2.75, 3.05) is 18.5 Å². The van der Waals surface area contributed by atoms with Gasteiger partial charge in [0, 0.05) is 5.70 Å². The molecular weight excluding hydrogens is 512 g/mol. The second kappa shape index (κ2) is 10.8. The molecule has 0 saturated carbocycles. The molecule has 0 aliphatic carbocycles. The van der Waals surface area contributed by atoms with Crippen LogP contribution in [0.2, 0.25) is 0 Å². The normalized spacial score (nSPS) is 14.7. The van der Waals surface area contributed by atoms with Crippen molar-refractivity contribution in [3.8, 4) is 11.5 Å². The first-order valence-corrected chi connectivity index (χ1v) is 12.0. The average molecular weight is 539 g/mol. The average Bonchev–Trinajstić information content (AvgIpc) is 3.30. The number of nitrogens with one attached hydrogen (secondary N) is 1. The van der Waals surface area contributed by atoms with E-state index in [1.807, 2.05) is 44.2 Å². The van der Waals surface area contributed by atoms with Crippen molar-refractivity contribution in [1.29, 1.82) is 0 Å². The monoisotopic (exact) mass is 538 g/mol. The first-order chi connectivity index (χ1) is 16.9. The Morgan fingerprint density at radius 1 is 1.26 bits per heavy atom. The number of carbonyl (C=O) groups is 1. The number of esters is 1. The second-order valence-corrected chi connectivity index (χ2v) is 8.81. The lowest BCUT2D eigenvalue weighted by molar-refractivity contribution is -0.138. The van der Waals surface area contributed by atoms with Crippen LogP contribution < -0.4 is 14.8 Å². The molecule has 3 aromatic rings. The van der Waals surface area contributed by atoms with Crippen LogP contribution in [0.5, 0.6) is 11.5 Å². The zero-order valence-corrected chi connectivity index (χ0v) is 21.5. The van der Waals surface area contributed by atoms with Gasteiger partial charge in [-0.05, 0) is 65.5 Å². The van der Waals surface area contributed by atoms with Crippen molar-refractivity contribution in [3.05, 3.63) is 87.8 Å². The van der Waals surface area contributed by atoms with E-state index >= 15 is 0 Å². The largest absolute Gasteiger partial charge is 0.490 e. The topological polar surface area (TPSA) is 87.5 Å². The van der Waals surface area contributed by atoms with Gasteiger partial charge in [-0.2, -0.15) is 10.1 Å². The van der Waals surface area contributed by atoms with Crippen LogP contribution in [0.4, 0.5) is 5.95 Å². The number of halogens is 1. The van der Waals surface area contributed by atoms with Crippen LogP contribution in [0.25, 0.3) is 0 Å². The van der Waals surface area contributed by atoms with Crippen molar-refractivity contribution < 1.29 is 19.0 Å². The lowest BCUT2D eigenvalue weighted by Crippen LogP contribution is -2.29. The Morgan fingerprint density at radius 2 is 2.06 bits per heavy atom. The van der Waals surface area contributed by atoms with E-state index < -0.39 is 12.0 Å². The fourth-order valence-corrected chi connectivity index (χ4v) is 4.52. The summed E-state index contributed by atoms with van der Waals surface area (Å²) in [5, 5.41) is 7.50. The molecule has 182 valence electrons. The maximum atomic E-state index is 13.0. The van der Waals surface area contributed by atoms with Gasteiger partial charge in [0.05, 0.1) is 16.7 Å². The first-order valence-electron chi connectivity index (χ1n) is 11.2. The number of hydrogen-bond donors (Lipinski definition) is 1. The van der Waals surface area contributed by atoms with E-state index in [9.17, 15) is 4.79 Å². The zero-order chi connectivity index (χ0) is 24.9. The molecule has 2 heterocycles. The molecule has 0 spiro atoms. The molecule has 0 radical (unpaired) electrons. The zero-order valence-electron chi connectivity index (χ0n) is 19.9. The van der Waals surface area contributed by atoms with Crippen LogP contribution in [0.15, 0.2) is 71.1 Å². The SMILES string of the molecule is C=CCOC(=O)C1=C(C)Nc2ncnn2C1c1cc(Br)c(OCc2ccccc2C)c(OCC)c1. The highest BCUT2D eigenvalue weighted by molar-refractivity contribution is 9.10. The molecular formula is C26H27BrN4O4. The van der Waals surface area contributed by atoms with E-state index in [0.29, 0.717) is 46.4 Å². The third-order valence-corrected chi connectivity index (χ3v) is 6.22. The van der Waals surface area contributed by atoms with E-state index in [2.05, 4.69) is 50.9 Å². The number of nitrogens with zero attached hydrogens (tertiary/aromatic N) is 3. The molecule has 1 atom stereocenters. The van der Waals surface area contributed by atoms with Gasteiger partial charge in [-0.1, -0.05) is 36.9 Å². The Hall–Kier alpha value is -3.59. The highest BCUT2D eigenvalue weighted by atomic mass is 79.9. The number of benzene rings is 2. The summed E-state index contributed by atoms with van der Waals surface area (Å²) in [4.78, 5) is 17.3. The predicted molar refractivity (Wildman–Crippen MR) is 136 cm³/mol. The number of allylic oxidation sites excluding steroid dienone is 1. The van der Waals surface area contributed by atoms with Crippen LogP contribution in [-0.2, 0) is 16.1 Å². The van der Waals surface area contributed by atoms with Gasteiger partial charge in [0.15, 0.2) is 11.5 Å². The molecule has 1 aliphatic rings. The number of carbonyl (C=O) groups excluding carboxylic acids is 1. The third kappa shape index (κ3) is 5.09. The number of hydrogen-bond acceptors (Lipinski definition) is 7. The summed E-state index contributed by atoms with van der Waals surface area (Å²) >= 11 is 3.66. The fraction of sp³-hybridized carbons (Fsp3) is 0.269. The van der Waals surface area contributed by atoms with Crippen molar-refractivity contribution >= 4 is 27.8 Å². The van der Waals surface area contributed by atoms with Crippen LogP contribution >= 0.6 is 15.9 Å². The number of ether oxygens (including phenoxy) is 3. The van der Waals surface area contributed by atoms with Crippen LogP contribution in [0.1, 0.15) is 36.6 Å². The molecule has 1 unspecified atom stereocenters. The third-order valence-electron chi connectivity index (χ3n) is 5.63. The van der Waals surface area contributed by atoms with Crippen molar-refractivity contribution in [3.63, 3.8) is 0 Å². The number of aromatic nitrogens is 3. The molecule has 2 aromatic carbocycles. The highest BCUT2D eigenvalue weighted by Gasteiger charge is 2.35. The summed E-state index contributed by atoms with van der Waals surface area (Å²) in [6, 6.07) is 11.3. The number of rotatable bonds is 9. The van der Waals surface area contributed by atoms with Gasteiger partial charge < -0.3 is 19.5 Å². The van der Waals surface area contributed by atoms with Gasteiger partial charge in [-0.25, -0.2) is 9.48 Å². The van der Waals surface area contributed by atoms with Gasteiger partial charge in [0.1, 0.15) is 25.6 Å². The summed E-state index contributed by atoms with van der Waals surface area (Å²) in [5.41, 5.74) is 4.06. The molecule has 0 bridgehead atoms. The summed E-state index contributed by atoms with van der Waals surface area (Å²) in [5.74, 6) is 1.21. The number of fused-ring (bicyclic) bond motifs is 1. The fourth-order valence-electron chi connectivity index (χ4n) is 3.95. The number of aryl methyl sites for hydroxylation is 1. The summed E-state index contributed by atoms with van der Waals surface area (Å²) in [6.07, 6.45) is 2.98. The molecule has 35 heavy (non-hydrogen) atoms. The van der Waals surface area contributed by atoms with E-state index in [-0.39, 0.29) is 6.61 Å². The Kier molecular flexibility index (Phi) is 7.55. The Morgan fingerprint density at radius 3 is 2.80 bits per heavy atom. The Labute approximate surface area is 212 Å². The van der Waals surface area contributed by atoms with E-state index in [0.717, 1.165) is 16.7 Å². The first kappa shape index (κ1) is 24.5. The summed E-state index contributed by atoms with van der Waals surface area (Å²) in [7, 11) is 0. The van der Waals surface area contributed by atoms with E-state index in [4.69, 9.17) is 14.2 Å². The lowest BCUT2D eigenvalue weighted by Gasteiger charge is -2.29. The van der Waals surface area contributed by atoms with Crippen LogP contribution in [-0.4, -0.2) is 33.9 Å². The predicted octanol–water partition coefficient (Wildman–Crippen LogP) is 5.34. The lowest BCUT2D eigenvalue weighted by atomic mass is 9.95. The molecule has 4 rings (SSSR count). The maximum absolute atomic E-state index is 13.0. The van der Waals surface area contributed by atoms with Gasteiger partial charge in [-0.15, -0.1) is 0 Å². The maximum Gasteiger partial charge on any atom is 0.338 e. The van der Waals surface area contributed by atoms with Crippen LogP contribution in [0, 0.1) is 6.92 Å².